The highest BCUT2D eigenvalue weighted by atomic mass is 16.2. The van der Waals surface area contributed by atoms with E-state index in [1.54, 1.807) is 38.4 Å². The van der Waals surface area contributed by atoms with Gasteiger partial charge in [0.1, 0.15) is 0 Å². The van der Waals surface area contributed by atoms with Crippen molar-refractivity contribution >= 4 is 11.8 Å². The molecule has 1 N–H and O–H groups in total. The SMILES string of the molecule is Cc1cc(C)n(-c2ccc(C(=O)NCc3ccc(C(=O)N(C)C)cc3)cc2)n1. The molecule has 0 atom stereocenters. The second kappa shape index (κ2) is 8.08. The third-order valence-corrected chi connectivity index (χ3v) is 4.44. The van der Waals surface area contributed by atoms with E-state index in [1.807, 2.05) is 48.9 Å². The molecule has 0 saturated carbocycles. The maximum absolute atomic E-state index is 12.4. The number of nitrogens with one attached hydrogen (secondary N) is 1. The second-order valence-electron chi connectivity index (χ2n) is 6.96. The van der Waals surface area contributed by atoms with E-state index < -0.39 is 0 Å². The first-order chi connectivity index (χ1) is 13.3. The standard InChI is InChI=1S/C22H24N4O2/c1-15-13-16(2)26(24-15)20-11-9-18(10-12-20)21(27)23-14-17-5-7-19(8-6-17)22(28)25(3)4/h5-13H,14H2,1-4H3,(H,23,27). The molecule has 0 saturated heterocycles. The molecule has 2 amide bonds. The zero-order valence-electron chi connectivity index (χ0n) is 16.6. The Morgan fingerprint density at radius 3 is 2.11 bits per heavy atom. The Kier molecular flexibility index (Phi) is 5.59. The Balaban J connectivity index is 1.62. The third-order valence-electron chi connectivity index (χ3n) is 4.44. The van der Waals surface area contributed by atoms with Gasteiger partial charge in [0.25, 0.3) is 11.8 Å². The summed E-state index contributed by atoms with van der Waals surface area (Å²) in [5.74, 6) is -0.188. The first kappa shape index (κ1) is 19.4. The molecule has 0 bridgehead atoms. The van der Waals surface area contributed by atoms with Gasteiger partial charge < -0.3 is 10.2 Å². The summed E-state index contributed by atoms with van der Waals surface area (Å²) in [7, 11) is 3.44. The molecule has 0 aliphatic heterocycles. The quantitative estimate of drug-likeness (QED) is 0.744. The van der Waals surface area contributed by atoms with Crippen LogP contribution in [0.25, 0.3) is 5.69 Å². The van der Waals surface area contributed by atoms with Crippen molar-refractivity contribution in [3.8, 4) is 5.69 Å². The maximum Gasteiger partial charge on any atom is 0.253 e. The van der Waals surface area contributed by atoms with Crippen molar-refractivity contribution in [3.63, 3.8) is 0 Å². The number of amides is 2. The Morgan fingerprint density at radius 1 is 0.964 bits per heavy atom. The lowest BCUT2D eigenvalue weighted by Gasteiger charge is -2.11. The number of rotatable bonds is 5. The van der Waals surface area contributed by atoms with Crippen molar-refractivity contribution in [1.82, 2.24) is 20.0 Å². The minimum atomic E-state index is -0.145. The number of aromatic nitrogens is 2. The van der Waals surface area contributed by atoms with E-state index in [2.05, 4.69) is 10.4 Å². The molecule has 1 aromatic heterocycles. The van der Waals surface area contributed by atoms with Gasteiger partial charge in [-0.2, -0.15) is 5.10 Å². The number of nitrogens with zero attached hydrogens (tertiary/aromatic N) is 3. The lowest BCUT2D eigenvalue weighted by molar-refractivity contribution is 0.0827. The van der Waals surface area contributed by atoms with Crippen LogP contribution in [0.5, 0.6) is 0 Å². The summed E-state index contributed by atoms with van der Waals surface area (Å²) in [6.07, 6.45) is 0. The van der Waals surface area contributed by atoms with E-state index in [0.29, 0.717) is 17.7 Å². The van der Waals surface area contributed by atoms with Gasteiger partial charge in [-0.15, -0.1) is 0 Å². The minimum Gasteiger partial charge on any atom is -0.348 e. The Labute approximate surface area is 164 Å². The van der Waals surface area contributed by atoms with Crippen LogP contribution in [-0.2, 0) is 6.54 Å². The second-order valence-corrected chi connectivity index (χ2v) is 6.96. The van der Waals surface area contributed by atoms with Gasteiger partial charge in [0.15, 0.2) is 0 Å². The Morgan fingerprint density at radius 2 is 1.57 bits per heavy atom. The predicted molar refractivity (Wildman–Crippen MR) is 109 cm³/mol. The summed E-state index contributed by atoms with van der Waals surface area (Å²) in [6.45, 7) is 4.35. The van der Waals surface area contributed by atoms with Crippen molar-refractivity contribution < 1.29 is 9.59 Å². The summed E-state index contributed by atoms with van der Waals surface area (Å²) in [5.41, 5.74) is 5.07. The van der Waals surface area contributed by atoms with Crippen LogP contribution in [0, 0.1) is 13.8 Å². The van der Waals surface area contributed by atoms with Crippen molar-refractivity contribution in [3.05, 3.63) is 82.7 Å². The van der Waals surface area contributed by atoms with E-state index in [4.69, 9.17) is 0 Å². The summed E-state index contributed by atoms with van der Waals surface area (Å²) < 4.78 is 1.85. The zero-order valence-corrected chi connectivity index (χ0v) is 16.6. The van der Waals surface area contributed by atoms with Crippen LogP contribution >= 0.6 is 0 Å². The lowest BCUT2D eigenvalue weighted by Crippen LogP contribution is -2.23. The van der Waals surface area contributed by atoms with E-state index in [-0.39, 0.29) is 11.8 Å². The van der Waals surface area contributed by atoms with Crippen molar-refractivity contribution in [2.45, 2.75) is 20.4 Å². The smallest absolute Gasteiger partial charge is 0.253 e. The molecule has 2 aromatic carbocycles. The van der Waals surface area contributed by atoms with Gasteiger partial charge >= 0.3 is 0 Å². The van der Waals surface area contributed by atoms with Gasteiger partial charge in [0.2, 0.25) is 0 Å². The van der Waals surface area contributed by atoms with Crippen LogP contribution in [0.1, 0.15) is 37.7 Å². The highest BCUT2D eigenvalue weighted by molar-refractivity contribution is 5.94. The van der Waals surface area contributed by atoms with Gasteiger partial charge in [-0.1, -0.05) is 12.1 Å². The fourth-order valence-corrected chi connectivity index (χ4v) is 2.95. The number of benzene rings is 2. The molecule has 3 aromatic rings. The van der Waals surface area contributed by atoms with Crippen LogP contribution < -0.4 is 5.32 Å². The van der Waals surface area contributed by atoms with Gasteiger partial charge in [0, 0.05) is 37.5 Å². The highest BCUT2D eigenvalue weighted by Gasteiger charge is 2.09. The van der Waals surface area contributed by atoms with Crippen LogP contribution in [0.3, 0.4) is 0 Å². The molecule has 3 rings (SSSR count). The fourth-order valence-electron chi connectivity index (χ4n) is 2.95. The topological polar surface area (TPSA) is 67.2 Å². The molecule has 6 nitrogen and oxygen atoms in total. The van der Waals surface area contributed by atoms with Crippen molar-refractivity contribution in [2.75, 3.05) is 14.1 Å². The van der Waals surface area contributed by atoms with Crippen LogP contribution in [-0.4, -0.2) is 40.6 Å². The first-order valence-electron chi connectivity index (χ1n) is 9.07. The fraction of sp³-hybridized carbons (Fsp3) is 0.227. The van der Waals surface area contributed by atoms with Gasteiger partial charge in [-0.25, -0.2) is 4.68 Å². The van der Waals surface area contributed by atoms with E-state index in [9.17, 15) is 9.59 Å². The number of carbonyl (C=O) groups excluding carboxylic acids is 2. The minimum absolute atomic E-state index is 0.0433. The van der Waals surface area contributed by atoms with E-state index in [0.717, 1.165) is 22.6 Å². The summed E-state index contributed by atoms with van der Waals surface area (Å²) in [4.78, 5) is 25.9. The molecule has 0 radical (unpaired) electrons. The van der Waals surface area contributed by atoms with Crippen LogP contribution in [0.15, 0.2) is 54.6 Å². The maximum atomic E-state index is 12.4. The first-order valence-corrected chi connectivity index (χ1v) is 9.07. The number of hydrogen-bond donors (Lipinski definition) is 1. The zero-order chi connectivity index (χ0) is 20.3. The molecule has 144 valence electrons. The van der Waals surface area contributed by atoms with Crippen LogP contribution in [0.2, 0.25) is 0 Å². The molecular weight excluding hydrogens is 352 g/mol. The molecule has 28 heavy (non-hydrogen) atoms. The third kappa shape index (κ3) is 4.28. The number of aryl methyl sites for hydroxylation is 2. The molecule has 6 heteroatoms. The average molecular weight is 376 g/mol. The van der Waals surface area contributed by atoms with E-state index in [1.165, 1.54) is 4.90 Å². The summed E-state index contributed by atoms with van der Waals surface area (Å²) in [5, 5.41) is 7.36. The average Bonchev–Trinajstić information content (AvgIpc) is 3.04. The van der Waals surface area contributed by atoms with E-state index >= 15 is 0 Å². The summed E-state index contributed by atoms with van der Waals surface area (Å²) >= 11 is 0. The lowest BCUT2D eigenvalue weighted by atomic mass is 10.1. The number of carbonyl (C=O) groups is 2. The monoisotopic (exact) mass is 376 g/mol. The Bertz CT molecular complexity index is 986. The summed E-state index contributed by atoms with van der Waals surface area (Å²) in [6, 6.07) is 16.6. The molecule has 0 fully saturated rings. The van der Waals surface area contributed by atoms with Gasteiger partial charge in [-0.05, 0) is 61.9 Å². The van der Waals surface area contributed by atoms with Gasteiger partial charge in [-0.3, -0.25) is 9.59 Å². The largest absolute Gasteiger partial charge is 0.348 e. The normalized spacial score (nSPS) is 10.6. The molecule has 0 unspecified atom stereocenters. The highest BCUT2D eigenvalue weighted by Crippen LogP contribution is 2.13. The molecule has 1 heterocycles. The van der Waals surface area contributed by atoms with Crippen molar-refractivity contribution in [2.24, 2.45) is 0 Å². The van der Waals surface area contributed by atoms with Crippen LogP contribution in [0.4, 0.5) is 0 Å². The molecule has 0 aliphatic rings. The van der Waals surface area contributed by atoms with Crippen molar-refractivity contribution in [1.29, 1.82) is 0 Å². The number of hydrogen-bond acceptors (Lipinski definition) is 3. The molecule has 0 aliphatic carbocycles. The molecule has 0 spiro atoms. The Hall–Kier alpha value is -3.41. The predicted octanol–water partition coefficient (Wildman–Crippen LogP) is 3.12. The molecular formula is C22H24N4O2. The van der Waals surface area contributed by atoms with Gasteiger partial charge in [0.05, 0.1) is 11.4 Å².